The molecule has 0 saturated carbocycles. The third-order valence-electron chi connectivity index (χ3n) is 6.23. The molecule has 5 nitrogen and oxygen atoms in total. The number of halogens is 1. The molecule has 6 heteroatoms. The highest BCUT2D eigenvalue weighted by Crippen LogP contribution is 2.26. The minimum Gasteiger partial charge on any atom is -0.483 e. The van der Waals surface area contributed by atoms with Crippen molar-refractivity contribution in [3.05, 3.63) is 100 Å². The summed E-state index contributed by atoms with van der Waals surface area (Å²) in [7, 11) is 0. The van der Waals surface area contributed by atoms with Crippen LogP contribution in [0.4, 0.5) is 0 Å². The second kappa shape index (κ2) is 14.6. The quantitative estimate of drug-likeness (QED) is 0.241. The Bertz CT molecular complexity index is 1150. The lowest BCUT2D eigenvalue weighted by Gasteiger charge is -2.31. The van der Waals surface area contributed by atoms with Crippen molar-refractivity contribution in [2.24, 2.45) is 0 Å². The van der Waals surface area contributed by atoms with Crippen molar-refractivity contribution >= 4 is 27.7 Å². The Balaban J connectivity index is 1.91. The number of ether oxygens (including phenoxy) is 1. The van der Waals surface area contributed by atoms with Gasteiger partial charge in [-0.05, 0) is 47.2 Å². The Morgan fingerprint density at radius 1 is 0.946 bits per heavy atom. The minimum atomic E-state index is -0.672. The fraction of sp³-hybridized carbons (Fsp3) is 0.355. The first-order chi connectivity index (χ1) is 17.9. The van der Waals surface area contributed by atoms with E-state index in [-0.39, 0.29) is 24.3 Å². The van der Waals surface area contributed by atoms with Crippen molar-refractivity contribution in [3.8, 4) is 5.75 Å². The number of hydrogen-bond acceptors (Lipinski definition) is 3. The number of hydrogen-bond donors (Lipinski definition) is 1. The highest BCUT2D eigenvalue weighted by Gasteiger charge is 2.30. The van der Waals surface area contributed by atoms with Gasteiger partial charge >= 0.3 is 0 Å². The summed E-state index contributed by atoms with van der Waals surface area (Å²) in [4.78, 5) is 28.9. The summed E-state index contributed by atoms with van der Waals surface area (Å²) in [5, 5.41) is 3.05. The van der Waals surface area contributed by atoms with Crippen LogP contribution in [0.5, 0.6) is 5.75 Å². The predicted octanol–water partition coefficient (Wildman–Crippen LogP) is 6.51. The van der Waals surface area contributed by atoms with Crippen LogP contribution in [0.25, 0.3) is 0 Å². The van der Waals surface area contributed by atoms with Gasteiger partial charge in [-0.1, -0.05) is 104 Å². The normalized spacial score (nSPS) is 11.7. The third-order valence-corrected chi connectivity index (χ3v) is 6.73. The zero-order chi connectivity index (χ0) is 26.6. The van der Waals surface area contributed by atoms with Gasteiger partial charge < -0.3 is 15.0 Å². The van der Waals surface area contributed by atoms with Crippen LogP contribution in [0.2, 0.25) is 0 Å². The largest absolute Gasteiger partial charge is 0.483 e. The number of carbonyl (C=O) groups excluding carboxylic acids is 2. The molecule has 37 heavy (non-hydrogen) atoms. The Hall–Kier alpha value is -3.12. The Labute approximate surface area is 229 Å². The fourth-order valence-corrected chi connectivity index (χ4v) is 4.65. The second-order valence-corrected chi connectivity index (χ2v) is 10.4. The Morgan fingerprint density at radius 3 is 2.35 bits per heavy atom. The first-order valence-electron chi connectivity index (χ1n) is 13.0. The minimum absolute atomic E-state index is 0.148. The van der Waals surface area contributed by atoms with Crippen LogP contribution >= 0.6 is 15.9 Å². The van der Waals surface area contributed by atoms with E-state index in [2.05, 4.69) is 42.0 Å². The number of rotatable bonds is 13. The molecule has 0 radical (unpaired) electrons. The van der Waals surface area contributed by atoms with Crippen molar-refractivity contribution < 1.29 is 14.3 Å². The first-order valence-corrected chi connectivity index (χ1v) is 13.8. The average molecular weight is 566 g/mol. The van der Waals surface area contributed by atoms with Gasteiger partial charge in [-0.3, -0.25) is 9.59 Å². The molecule has 0 fully saturated rings. The van der Waals surface area contributed by atoms with Gasteiger partial charge in [0.05, 0.1) is 0 Å². The molecular weight excluding hydrogens is 528 g/mol. The molecule has 0 aliphatic heterocycles. The molecule has 3 aromatic rings. The van der Waals surface area contributed by atoms with Crippen molar-refractivity contribution in [2.75, 3.05) is 13.2 Å². The second-order valence-electron chi connectivity index (χ2n) is 9.48. The fourth-order valence-electron chi connectivity index (χ4n) is 4.20. The maximum absolute atomic E-state index is 13.8. The molecule has 0 heterocycles. The van der Waals surface area contributed by atoms with Gasteiger partial charge in [0.15, 0.2) is 6.61 Å². The average Bonchev–Trinajstić information content (AvgIpc) is 2.90. The molecule has 0 unspecified atom stereocenters. The van der Waals surface area contributed by atoms with Gasteiger partial charge in [0, 0.05) is 24.0 Å². The van der Waals surface area contributed by atoms with E-state index in [0.717, 1.165) is 34.0 Å². The Kier molecular flexibility index (Phi) is 11.2. The number of benzene rings is 3. The lowest BCUT2D eigenvalue weighted by atomic mass is 10.0. The summed E-state index contributed by atoms with van der Waals surface area (Å²) < 4.78 is 6.97. The number of para-hydroxylation sites is 1. The molecule has 0 aliphatic rings. The van der Waals surface area contributed by atoms with Crippen molar-refractivity contribution in [1.82, 2.24) is 10.2 Å². The van der Waals surface area contributed by atoms with Crippen LogP contribution in [0.1, 0.15) is 56.2 Å². The number of amides is 2. The molecule has 0 spiro atoms. The number of carbonyl (C=O) groups is 2. The summed E-state index contributed by atoms with van der Waals surface area (Å²) in [5.74, 6) is 0.577. The maximum atomic E-state index is 13.8. The van der Waals surface area contributed by atoms with Crippen molar-refractivity contribution in [2.45, 2.75) is 58.5 Å². The van der Waals surface area contributed by atoms with Gasteiger partial charge in [-0.2, -0.15) is 0 Å². The summed E-state index contributed by atoms with van der Waals surface area (Å²) in [6.45, 7) is 7.01. The van der Waals surface area contributed by atoms with Crippen LogP contribution in [-0.4, -0.2) is 35.9 Å². The van der Waals surface area contributed by atoms with Crippen LogP contribution in [-0.2, 0) is 22.6 Å². The van der Waals surface area contributed by atoms with Gasteiger partial charge in [-0.15, -0.1) is 0 Å². The van der Waals surface area contributed by atoms with E-state index in [0.29, 0.717) is 25.3 Å². The van der Waals surface area contributed by atoms with E-state index in [1.165, 1.54) is 0 Å². The monoisotopic (exact) mass is 564 g/mol. The lowest BCUT2D eigenvalue weighted by molar-refractivity contribution is -0.142. The molecule has 0 aromatic heterocycles. The summed E-state index contributed by atoms with van der Waals surface area (Å²) in [6.07, 6.45) is 2.28. The maximum Gasteiger partial charge on any atom is 0.261 e. The zero-order valence-corrected chi connectivity index (χ0v) is 23.5. The van der Waals surface area contributed by atoms with Crippen LogP contribution in [0.15, 0.2) is 83.3 Å². The van der Waals surface area contributed by atoms with E-state index in [1.807, 2.05) is 78.9 Å². The molecule has 196 valence electrons. The topological polar surface area (TPSA) is 58.6 Å². The molecule has 3 aromatic carbocycles. The zero-order valence-electron chi connectivity index (χ0n) is 22.0. The smallest absolute Gasteiger partial charge is 0.261 e. The predicted molar refractivity (Wildman–Crippen MR) is 153 cm³/mol. The number of unbranched alkanes of at least 4 members (excludes halogenated alkanes) is 1. The van der Waals surface area contributed by atoms with E-state index in [1.54, 1.807) is 4.90 Å². The van der Waals surface area contributed by atoms with Gasteiger partial charge in [0.2, 0.25) is 5.91 Å². The van der Waals surface area contributed by atoms with Gasteiger partial charge in [-0.25, -0.2) is 0 Å². The molecule has 0 saturated heterocycles. The Morgan fingerprint density at radius 2 is 1.65 bits per heavy atom. The molecule has 1 atom stereocenters. The van der Waals surface area contributed by atoms with Crippen LogP contribution in [0.3, 0.4) is 0 Å². The van der Waals surface area contributed by atoms with E-state index < -0.39 is 6.04 Å². The number of nitrogens with one attached hydrogen (secondary N) is 1. The molecule has 2 amide bonds. The summed E-state index contributed by atoms with van der Waals surface area (Å²) in [6, 6.07) is 24.8. The van der Waals surface area contributed by atoms with Gasteiger partial charge in [0.25, 0.3) is 5.91 Å². The highest BCUT2D eigenvalue weighted by molar-refractivity contribution is 9.10. The number of nitrogens with zero attached hydrogens (tertiary/aromatic N) is 1. The van der Waals surface area contributed by atoms with E-state index in [4.69, 9.17) is 4.74 Å². The van der Waals surface area contributed by atoms with Crippen LogP contribution < -0.4 is 10.1 Å². The van der Waals surface area contributed by atoms with E-state index >= 15 is 0 Å². The summed E-state index contributed by atoms with van der Waals surface area (Å²) in [5.41, 5.74) is 2.98. The molecule has 1 N–H and O–H groups in total. The van der Waals surface area contributed by atoms with Crippen molar-refractivity contribution in [1.29, 1.82) is 0 Å². The summed E-state index contributed by atoms with van der Waals surface area (Å²) >= 11 is 3.53. The lowest BCUT2D eigenvalue weighted by Crippen LogP contribution is -2.51. The molecular formula is C31H37BrN2O3. The third kappa shape index (κ3) is 8.74. The molecule has 0 bridgehead atoms. The molecule has 3 rings (SSSR count). The van der Waals surface area contributed by atoms with E-state index in [9.17, 15) is 9.59 Å². The SMILES string of the molecule is CCCCNC(=O)[C@@H](Cc1ccccc1)N(Cc1cccc(Br)c1)C(=O)COc1ccccc1C(C)C. The molecule has 0 aliphatic carbocycles. The van der Waals surface area contributed by atoms with Crippen LogP contribution in [0, 0.1) is 0 Å². The van der Waals surface area contributed by atoms with Gasteiger partial charge in [0.1, 0.15) is 11.8 Å². The first kappa shape index (κ1) is 28.5. The van der Waals surface area contributed by atoms with Crippen molar-refractivity contribution in [3.63, 3.8) is 0 Å². The highest BCUT2D eigenvalue weighted by atomic mass is 79.9. The standard InChI is InChI=1S/C31H37BrN2O3/c1-4-5-18-33-31(36)28(20-24-12-7-6-8-13-24)34(21-25-14-11-15-26(32)19-25)30(35)22-37-29-17-10-9-16-27(29)23(2)3/h6-17,19,23,28H,4-5,18,20-22H2,1-3H3,(H,33,36)/t28-/m1/s1.